The number of carbonyl (C=O) groups is 1. The maximum atomic E-state index is 13.1. The van der Waals surface area contributed by atoms with Crippen LogP contribution in [-0.2, 0) is 6.54 Å². The second-order valence-corrected chi connectivity index (χ2v) is 8.00. The Labute approximate surface area is 156 Å². The van der Waals surface area contributed by atoms with Crippen molar-refractivity contribution in [1.29, 1.82) is 0 Å². The Morgan fingerprint density at radius 1 is 1.08 bits per heavy atom. The number of fused-ring (bicyclic) bond motifs is 1. The zero-order valence-corrected chi connectivity index (χ0v) is 15.5. The van der Waals surface area contributed by atoms with Crippen LogP contribution in [0.5, 0.6) is 0 Å². The van der Waals surface area contributed by atoms with Gasteiger partial charge in [0.15, 0.2) is 5.78 Å². The normalized spacial score (nSPS) is 11.1. The third-order valence-corrected chi connectivity index (χ3v) is 6.03. The number of rotatable bonds is 4. The van der Waals surface area contributed by atoms with Crippen molar-refractivity contribution in [3.05, 3.63) is 84.5 Å². The minimum absolute atomic E-state index is 0.0943. The van der Waals surface area contributed by atoms with Crippen LogP contribution in [0.1, 0.15) is 14.5 Å². The molecule has 0 atom stereocenters. The lowest BCUT2D eigenvalue weighted by Gasteiger charge is -2.11. The van der Waals surface area contributed by atoms with E-state index < -0.39 is 5.69 Å². The average Bonchev–Trinajstić information content (AvgIpc) is 3.29. The van der Waals surface area contributed by atoms with E-state index in [9.17, 15) is 14.4 Å². The number of thiophene rings is 2. The highest BCUT2D eigenvalue weighted by atomic mass is 32.1. The summed E-state index contributed by atoms with van der Waals surface area (Å²) in [6.45, 7) is 1.79. The van der Waals surface area contributed by atoms with E-state index >= 15 is 0 Å². The van der Waals surface area contributed by atoms with Crippen LogP contribution in [0.25, 0.3) is 15.9 Å². The van der Waals surface area contributed by atoms with Crippen LogP contribution in [0.3, 0.4) is 0 Å². The van der Waals surface area contributed by atoms with Crippen LogP contribution in [0.4, 0.5) is 0 Å². The summed E-state index contributed by atoms with van der Waals surface area (Å²) in [5.74, 6) is -0.146. The van der Waals surface area contributed by atoms with Crippen LogP contribution < -0.4 is 11.2 Å². The van der Waals surface area contributed by atoms with E-state index in [1.807, 2.05) is 18.4 Å². The van der Waals surface area contributed by atoms with Crippen LogP contribution in [0, 0.1) is 6.92 Å². The minimum Gasteiger partial charge on any atom is -0.291 e. The molecule has 4 aromatic rings. The van der Waals surface area contributed by atoms with Gasteiger partial charge in [-0.05, 0) is 36.6 Å². The van der Waals surface area contributed by atoms with Crippen molar-refractivity contribution in [2.75, 3.05) is 0 Å². The van der Waals surface area contributed by atoms with E-state index in [2.05, 4.69) is 0 Å². The number of ketones is 1. The molecule has 5 nitrogen and oxygen atoms in total. The molecule has 0 bridgehead atoms. The molecule has 4 rings (SSSR count). The van der Waals surface area contributed by atoms with Gasteiger partial charge >= 0.3 is 5.69 Å². The number of aryl methyl sites for hydroxylation is 1. The predicted molar refractivity (Wildman–Crippen MR) is 105 cm³/mol. The van der Waals surface area contributed by atoms with Crippen molar-refractivity contribution >= 4 is 38.7 Å². The summed E-state index contributed by atoms with van der Waals surface area (Å²) in [6.07, 6.45) is 0. The Morgan fingerprint density at radius 2 is 1.85 bits per heavy atom. The summed E-state index contributed by atoms with van der Waals surface area (Å²) >= 11 is 2.69. The molecule has 0 spiro atoms. The van der Waals surface area contributed by atoms with Crippen molar-refractivity contribution < 1.29 is 4.79 Å². The van der Waals surface area contributed by atoms with Crippen molar-refractivity contribution in [1.82, 2.24) is 9.13 Å². The van der Waals surface area contributed by atoms with Crippen LogP contribution in [0.15, 0.2) is 63.5 Å². The van der Waals surface area contributed by atoms with E-state index in [1.165, 1.54) is 27.2 Å². The number of hydrogen-bond donors (Lipinski definition) is 0. The molecule has 0 fully saturated rings. The number of aromatic nitrogens is 2. The highest BCUT2D eigenvalue weighted by Crippen LogP contribution is 2.22. The number of hydrogen-bond acceptors (Lipinski definition) is 5. The number of carbonyl (C=O) groups excluding carboxylic acids is 1. The Balaban J connectivity index is 1.98. The number of para-hydroxylation sites is 1. The van der Waals surface area contributed by atoms with Gasteiger partial charge in [-0.1, -0.05) is 24.3 Å². The third kappa shape index (κ3) is 2.75. The zero-order valence-electron chi connectivity index (χ0n) is 13.8. The average molecular weight is 382 g/mol. The molecule has 0 aliphatic rings. The van der Waals surface area contributed by atoms with Gasteiger partial charge in [-0.2, -0.15) is 0 Å². The Hall–Kier alpha value is -2.77. The Bertz CT molecular complexity index is 1220. The fourth-order valence-electron chi connectivity index (χ4n) is 2.87. The van der Waals surface area contributed by atoms with Crippen molar-refractivity contribution in [2.45, 2.75) is 13.5 Å². The smallest absolute Gasteiger partial charge is 0.291 e. The number of nitrogens with zero attached hydrogens (tertiary/aromatic N) is 2. The first kappa shape index (κ1) is 16.7. The summed E-state index contributed by atoms with van der Waals surface area (Å²) in [6, 6.07) is 14.1. The fourth-order valence-corrected chi connectivity index (χ4v) is 4.52. The highest BCUT2D eigenvalue weighted by molar-refractivity contribution is 7.18. The molecular weight excluding hydrogens is 368 g/mol. The second-order valence-electron chi connectivity index (χ2n) is 5.82. The summed E-state index contributed by atoms with van der Waals surface area (Å²) < 4.78 is 2.54. The molecule has 0 aliphatic carbocycles. The first-order chi connectivity index (χ1) is 12.6. The van der Waals surface area contributed by atoms with E-state index in [0.717, 1.165) is 9.44 Å². The lowest BCUT2D eigenvalue weighted by Crippen LogP contribution is -2.39. The third-order valence-electron chi connectivity index (χ3n) is 4.05. The first-order valence-electron chi connectivity index (χ1n) is 7.94. The second kappa shape index (κ2) is 6.51. The van der Waals surface area contributed by atoms with Gasteiger partial charge in [0, 0.05) is 4.88 Å². The van der Waals surface area contributed by atoms with Crippen molar-refractivity contribution in [2.24, 2.45) is 0 Å². The van der Waals surface area contributed by atoms with Gasteiger partial charge < -0.3 is 0 Å². The molecule has 26 heavy (non-hydrogen) atoms. The van der Waals surface area contributed by atoms with Gasteiger partial charge in [-0.25, -0.2) is 9.36 Å². The fraction of sp³-hybridized carbons (Fsp3) is 0.105. The summed E-state index contributed by atoms with van der Waals surface area (Å²) in [4.78, 5) is 40.6. The van der Waals surface area contributed by atoms with Gasteiger partial charge in [0.1, 0.15) is 4.83 Å². The van der Waals surface area contributed by atoms with Crippen molar-refractivity contribution in [3.63, 3.8) is 0 Å². The maximum absolute atomic E-state index is 13.1. The topological polar surface area (TPSA) is 61.1 Å². The lowest BCUT2D eigenvalue weighted by molar-refractivity contribution is 0.0975. The Kier molecular flexibility index (Phi) is 4.18. The molecule has 0 saturated carbocycles. The largest absolute Gasteiger partial charge is 0.337 e. The highest BCUT2D eigenvalue weighted by Gasteiger charge is 2.19. The molecule has 130 valence electrons. The predicted octanol–water partition coefficient (Wildman–Crippen LogP) is 3.47. The molecule has 0 N–H and O–H groups in total. The molecule has 7 heteroatoms. The molecule has 3 heterocycles. The quantitative estimate of drug-likeness (QED) is 0.508. The van der Waals surface area contributed by atoms with E-state index in [0.29, 0.717) is 20.8 Å². The summed E-state index contributed by atoms with van der Waals surface area (Å²) in [7, 11) is 0. The molecule has 0 aliphatic heterocycles. The van der Waals surface area contributed by atoms with E-state index in [1.54, 1.807) is 42.5 Å². The van der Waals surface area contributed by atoms with Gasteiger partial charge in [0.2, 0.25) is 0 Å². The molecule has 0 amide bonds. The van der Waals surface area contributed by atoms with Gasteiger partial charge in [0.05, 0.1) is 22.5 Å². The first-order valence-corrected chi connectivity index (χ1v) is 9.64. The summed E-state index contributed by atoms with van der Waals surface area (Å²) in [5, 5.41) is 2.28. The molecule has 0 saturated heterocycles. The molecule has 0 radical (unpaired) electrons. The van der Waals surface area contributed by atoms with Crippen LogP contribution in [-0.4, -0.2) is 14.9 Å². The lowest BCUT2D eigenvalue weighted by atomic mass is 10.3. The Morgan fingerprint density at radius 3 is 2.54 bits per heavy atom. The minimum atomic E-state index is -0.500. The van der Waals surface area contributed by atoms with Crippen LogP contribution in [0.2, 0.25) is 0 Å². The monoisotopic (exact) mass is 382 g/mol. The van der Waals surface area contributed by atoms with E-state index in [-0.39, 0.29) is 17.9 Å². The maximum Gasteiger partial charge on any atom is 0.337 e. The SMILES string of the molecule is Cc1cc2c(=O)n(-c3ccccc3)c(=O)n(CC(=O)c3cccs3)c2s1. The molecule has 1 aromatic carbocycles. The van der Waals surface area contributed by atoms with Crippen molar-refractivity contribution in [3.8, 4) is 5.69 Å². The van der Waals surface area contributed by atoms with Gasteiger partial charge in [-0.15, -0.1) is 22.7 Å². The summed E-state index contributed by atoms with van der Waals surface area (Å²) in [5.41, 5.74) is -0.369. The van der Waals surface area contributed by atoms with E-state index in [4.69, 9.17) is 0 Å². The number of Topliss-reactive ketones (excluding diaryl/α,β-unsaturated/α-hetero) is 1. The van der Waals surface area contributed by atoms with Gasteiger partial charge in [-0.3, -0.25) is 14.2 Å². The molecule has 0 unspecified atom stereocenters. The molecule has 3 aromatic heterocycles. The van der Waals surface area contributed by atoms with Gasteiger partial charge in [0.25, 0.3) is 5.56 Å². The van der Waals surface area contributed by atoms with Crippen LogP contribution >= 0.6 is 22.7 Å². The number of benzene rings is 1. The standard InChI is InChI=1S/C19H14N2O3S2/c1-12-10-14-17(23)21(13-6-3-2-4-7-13)19(24)20(18(14)26-12)11-15(22)16-8-5-9-25-16/h2-10H,11H2,1H3. The zero-order chi connectivity index (χ0) is 18.3. The molecular formula is C19H14N2O3S2.